The van der Waals surface area contributed by atoms with E-state index < -0.39 is 0 Å². The molecule has 0 spiro atoms. The van der Waals surface area contributed by atoms with E-state index in [0.29, 0.717) is 18.6 Å². The molecule has 0 saturated heterocycles. The lowest BCUT2D eigenvalue weighted by atomic mass is 10.2. The van der Waals surface area contributed by atoms with Crippen LogP contribution in [0, 0.1) is 0 Å². The van der Waals surface area contributed by atoms with Crippen molar-refractivity contribution in [1.82, 2.24) is 35.1 Å². The van der Waals surface area contributed by atoms with E-state index in [9.17, 15) is 4.79 Å². The number of carbonyl (C=O) groups is 1. The van der Waals surface area contributed by atoms with Gasteiger partial charge in [-0.05, 0) is 18.6 Å². The highest BCUT2D eigenvalue weighted by atomic mass is 16.1. The molecule has 0 aliphatic carbocycles. The molecule has 9 nitrogen and oxygen atoms in total. The zero-order valence-corrected chi connectivity index (χ0v) is 16.5. The van der Waals surface area contributed by atoms with Crippen LogP contribution < -0.4 is 10.6 Å². The van der Waals surface area contributed by atoms with Gasteiger partial charge in [-0.25, -0.2) is 15.0 Å². The van der Waals surface area contributed by atoms with E-state index in [1.54, 1.807) is 30.3 Å². The molecule has 3 aromatic heterocycles. The molecule has 3 rings (SSSR count). The van der Waals surface area contributed by atoms with Crippen molar-refractivity contribution in [3.8, 4) is 0 Å². The number of imidazole rings is 1. The maximum atomic E-state index is 12.3. The summed E-state index contributed by atoms with van der Waals surface area (Å²) >= 11 is 0. The Balaban J connectivity index is 1.53. The van der Waals surface area contributed by atoms with Crippen LogP contribution in [0.4, 0.5) is 0 Å². The number of nitrogens with one attached hydrogen (secondary N) is 2. The summed E-state index contributed by atoms with van der Waals surface area (Å²) in [7, 11) is 1.73. The Morgan fingerprint density at radius 2 is 2.17 bits per heavy atom. The van der Waals surface area contributed by atoms with Gasteiger partial charge < -0.3 is 15.2 Å². The van der Waals surface area contributed by atoms with Crippen LogP contribution in [0.25, 0.3) is 16.9 Å². The van der Waals surface area contributed by atoms with Crippen molar-refractivity contribution in [1.29, 1.82) is 0 Å². The Morgan fingerprint density at radius 3 is 2.93 bits per heavy atom. The van der Waals surface area contributed by atoms with Gasteiger partial charge in [0, 0.05) is 43.7 Å². The van der Waals surface area contributed by atoms with E-state index in [1.165, 1.54) is 6.33 Å². The molecule has 0 saturated carbocycles. The minimum Gasteiger partial charge on any atom is -0.354 e. The summed E-state index contributed by atoms with van der Waals surface area (Å²) in [5.41, 5.74) is 3.25. The molecule has 0 aliphatic heterocycles. The highest BCUT2D eigenvalue weighted by molar-refractivity contribution is 5.91. The fourth-order valence-electron chi connectivity index (χ4n) is 2.81. The summed E-state index contributed by atoms with van der Waals surface area (Å²) < 4.78 is 1.72. The Hall–Kier alpha value is -3.62. The first kappa shape index (κ1) is 20.1. The molecule has 3 heterocycles. The van der Waals surface area contributed by atoms with Gasteiger partial charge >= 0.3 is 0 Å². The number of aromatic nitrogens is 5. The van der Waals surface area contributed by atoms with Crippen molar-refractivity contribution in [3.05, 3.63) is 55.0 Å². The second kappa shape index (κ2) is 10.1. The van der Waals surface area contributed by atoms with E-state index in [2.05, 4.69) is 48.6 Å². The lowest BCUT2D eigenvalue weighted by Gasteiger charge is -2.14. The molecule has 3 aromatic rings. The number of aliphatic imine (C=N–C) groups is 1. The average Bonchev–Trinajstić information content (AvgIpc) is 3.16. The molecule has 150 valence electrons. The minimum atomic E-state index is -0.111. The van der Waals surface area contributed by atoms with Crippen LogP contribution >= 0.6 is 0 Å². The van der Waals surface area contributed by atoms with Crippen LogP contribution in [-0.4, -0.2) is 49.8 Å². The lowest BCUT2D eigenvalue weighted by Crippen LogP contribution is -2.32. The van der Waals surface area contributed by atoms with E-state index in [4.69, 9.17) is 0 Å². The van der Waals surface area contributed by atoms with Crippen LogP contribution in [-0.2, 0) is 11.3 Å². The molecule has 0 aromatic carbocycles. The van der Waals surface area contributed by atoms with Crippen molar-refractivity contribution in [2.24, 2.45) is 4.99 Å². The van der Waals surface area contributed by atoms with Gasteiger partial charge in [0.25, 0.3) is 0 Å². The van der Waals surface area contributed by atoms with Crippen LogP contribution in [0.1, 0.15) is 25.3 Å². The van der Waals surface area contributed by atoms with Crippen LogP contribution in [0.2, 0.25) is 0 Å². The van der Waals surface area contributed by atoms with Gasteiger partial charge in [-0.15, -0.1) is 0 Å². The fourth-order valence-corrected chi connectivity index (χ4v) is 2.81. The summed E-state index contributed by atoms with van der Waals surface area (Å²) in [6.45, 7) is 2.70. The van der Waals surface area contributed by atoms with Crippen molar-refractivity contribution < 1.29 is 4.79 Å². The number of allylic oxidation sites excluding steroid dienone is 1. The number of pyridine rings is 1. The SMILES string of the molecule is CCC=C(NC(CCNC(=O)Cn1cnc2ncncc21)=NC)c1cccnc1. The number of fused-ring (bicyclic) bond motifs is 1. The Labute approximate surface area is 169 Å². The number of amidine groups is 1. The minimum absolute atomic E-state index is 0.111. The molecule has 0 unspecified atom stereocenters. The first-order valence-electron chi connectivity index (χ1n) is 9.42. The van der Waals surface area contributed by atoms with Crippen molar-refractivity contribution >= 4 is 28.6 Å². The number of hydrogen-bond acceptors (Lipinski definition) is 6. The number of nitrogens with zero attached hydrogens (tertiary/aromatic N) is 6. The summed E-state index contributed by atoms with van der Waals surface area (Å²) in [6, 6.07) is 3.89. The number of rotatable bonds is 8. The molecule has 29 heavy (non-hydrogen) atoms. The molecule has 0 bridgehead atoms. The van der Waals surface area contributed by atoms with Gasteiger partial charge in [-0.2, -0.15) is 0 Å². The summed E-state index contributed by atoms with van der Waals surface area (Å²) in [4.78, 5) is 33.0. The van der Waals surface area contributed by atoms with Gasteiger partial charge in [0.1, 0.15) is 24.2 Å². The second-order valence-electron chi connectivity index (χ2n) is 6.27. The quantitative estimate of drug-likeness (QED) is 0.447. The van der Waals surface area contributed by atoms with Gasteiger partial charge in [-0.3, -0.25) is 14.8 Å². The second-order valence-corrected chi connectivity index (χ2v) is 6.27. The average molecular weight is 392 g/mol. The zero-order valence-electron chi connectivity index (χ0n) is 16.5. The smallest absolute Gasteiger partial charge is 0.240 e. The van der Waals surface area contributed by atoms with E-state index >= 15 is 0 Å². The standard InChI is InChI=1S/C20H24N8O/c1-3-5-16(15-6-4-8-22-10-15)27-18(21-2)7-9-24-19(29)12-28-14-26-20-17(28)11-23-13-25-20/h4-6,8,10-11,13-14H,3,7,9,12H2,1-2H3,(H,21,27)(H,24,29). The molecular weight excluding hydrogens is 368 g/mol. The fraction of sp³-hybridized carbons (Fsp3) is 0.300. The molecule has 1 amide bonds. The third kappa shape index (κ3) is 5.44. The van der Waals surface area contributed by atoms with Gasteiger partial charge in [0.15, 0.2) is 5.65 Å². The largest absolute Gasteiger partial charge is 0.354 e. The van der Waals surface area contributed by atoms with E-state index in [0.717, 1.165) is 29.0 Å². The Bertz CT molecular complexity index is 1010. The maximum Gasteiger partial charge on any atom is 0.240 e. The summed E-state index contributed by atoms with van der Waals surface area (Å²) in [5, 5.41) is 6.27. The third-order valence-corrected chi connectivity index (χ3v) is 4.23. The topological polar surface area (TPSA) is 110 Å². The molecule has 0 aliphatic rings. The molecule has 0 radical (unpaired) electrons. The highest BCUT2D eigenvalue weighted by Gasteiger charge is 2.09. The summed E-state index contributed by atoms with van der Waals surface area (Å²) in [5.74, 6) is 0.676. The lowest BCUT2D eigenvalue weighted by molar-refractivity contribution is -0.121. The number of hydrogen-bond donors (Lipinski definition) is 2. The highest BCUT2D eigenvalue weighted by Crippen LogP contribution is 2.11. The normalized spacial score (nSPS) is 12.2. The first-order valence-corrected chi connectivity index (χ1v) is 9.42. The monoisotopic (exact) mass is 392 g/mol. The van der Waals surface area contributed by atoms with Crippen LogP contribution in [0.15, 0.2) is 54.4 Å². The van der Waals surface area contributed by atoms with Gasteiger partial charge in [0.2, 0.25) is 5.91 Å². The van der Waals surface area contributed by atoms with Crippen LogP contribution in [0.3, 0.4) is 0 Å². The van der Waals surface area contributed by atoms with Crippen molar-refractivity contribution in [2.75, 3.05) is 13.6 Å². The third-order valence-electron chi connectivity index (χ3n) is 4.23. The molecule has 2 N–H and O–H groups in total. The molecule has 9 heteroatoms. The Morgan fingerprint density at radius 1 is 1.28 bits per heavy atom. The molecular formula is C20H24N8O. The van der Waals surface area contributed by atoms with E-state index in [-0.39, 0.29) is 12.5 Å². The van der Waals surface area contributed by atoms with Gasteiger partial charge in [-0.1, -0.05) is 13.0 Å². The van der Waals surface area contributed by atoms with Crippen LogP contribution in [0.5, 0.6) is 0 Å². The van der Waals surface area contributed by atoms with E-state index in [1.807, 2.05) is 18.3 Å². The number of carbonyl (C=O) groups excluding carboxylic acids is 1. The predicted octanol–water partition coefficient (Wildman–Crippen LogP) is 1.80. The predicted molar refractivity (Wildman–Crippen MR) is 112 cm³/mol. The molecule has 0 atom stereocenters. The van der Waals surface area contributed by atoms with Crippen molar-refractivity contribution in [3.63, 3.8) is 0 Å². The Kier molecular flexibility index (Phi) is 6.99. The zero-order chi connectivity index (χ0) is 20.5. The molecule has 0 fully saturated rings. The van der Waals surface area contributed by atoms with Gasteiger partial charge in [0.05, 0.1) is 12.5 Å². The number of amides is 1. The maximum absolute atomic E-state index is 12.3. The summed E-state index contributed by atoms with van der Waals surface area (Å²) in [6.07, 6.45) is 11.8. The first-order chi connectivity index (χ1) is 14.2. The van der Waals surface area contributed by atoms with Crippen molar-refractivity contribution in [2.45, 2.75) is 26.3 Å².